The van der Waals surface area contributed by atoms with E-state index in [0.717, 1.165) is 26.5 Å². The minimum absolute atomic E-state index is 1.01. The highest BCUT2D eigenvalue weighted by molar-refractivity contribution is 9.10. The minimum atomic E-state index is 1.01. The van der Waals surface area contributed by atoms with Crippen molar-refractivity contribution in [2.45, 2.75) is 20.8 Å². The Balaban J connectivity index is 0.00000116. The Morgan fingerprint density at radius 1 is 1.09 bits per heavy atom. The molecule has 0 atom stereocenters. The van der Waals surface area contributed by atoms with Gasteiger partial charge in [0.05, 0.1) is 5.69 Å². The van der Waals surface area contributed by atoms with Gasteiger partial charge in [0, 0.05) is 10.0 Å². The summed E-state index contributed by atoms with van der Waals surface area (Å²) in [4.78, 5) is 4.92. The van der Waals surface area contributed by atoms with Crippen LogP contribution in [0.4, 0.5) is 5.69 Å². The maximum absolute atomic E-state index is 4.92. The monoisotopic (exact) mass is 375 g/mol. The number of para-hydroxylation sites is 1. The molecule has 22 heavy (non-hydrogen) atoms. The van der Waals surface area contributed by atoms with Crippen molar-refractivity contribution in [1.82, 2.24) is 0 Å². The van der Waals surface area contributed by atoms with Crippen molar-refractivity contribution in [3.8, 4) is 0 Å². The molecule has 2 rings (SSSR count). The van der Waals surface area contributed by atoms with E-state index in [1.165, 1.54) is 11.1 Å². The van der Waals surface area contributed by atoms with Gasteiger partial charge in [0.2, 0.25) is 0 Å². The van der Waals surface area contributed by atoms with Crippen molar-refractivity contribution in [1.29, 1.82) is 0 Å². The van der Waals surface area contributed by atoms with E-state index in [9.17, 15) is 0 Å². The summed E-state index contributed by atoms with van der Waals surface area (Å²) >= 11 is 5.31. The van der Waals surface area contributed by atoms with Gasteiger partial charge in [-0.3, -0.25) is 0 Å². The van der Waals surface area contributed by atoms with Crippen molar-refractivity contribution >= 4 is 38.4 Å². The van der Waals surface area contributed by atoms with Crippen LogP contribution in [0, 0.1) is 13.8 Å². The van der Waals surface area contributed by atoms with Crippen LogP contribution in [-0.2, 0) is 0 Å². The van der Waals surface area contributed by atoms with Crippen molar-refractivity contribution in [2.24, 2.45) is 4.99 Å². The molecule has 0 saturated carbocycles. The first kappa shape index (κ1) is 18.7. The second-order valence-corrected chi connectivity index (χ2v) is 6.77. The summed E-state index contributed by atoms with van der Waals surface area (Å²) in [5.41, 5.74) is 4.68. The van der Waals surface area contributed by atoms with E-state index in [1.54, 1.807) is 11.8 Å². The number of aliphatic imine (C=N–C) groups is 1. The minimum Gasteiger partial charge on any atom is -0.241 e. The molecule has 0 fully saturated rings. The summed E-state index contributed by atoms with van der Waals surface area (Å²) < 4.78 is 1.08. The molecule has 0 heterocycles. The highest BCUT2D eigenvalue weighted by atomic mass is 79.9. The Morgan fingerprint density at radius 3 is 2.23 bits per heavy atom. The lowest BCUT2D eigenvalue weighted by atomic mass is 10.1. The second kappa shape index (κ2) is 9.65. The number of rotatable bonds is 3. The maximum Gasteiger partial charge on any atom is 0.104 e. The summed E-state index contributed by atoms with van der Waals surface area (Å²) in [5.74, 6) is 1.01. The Morgan fingerprint density at radius 2 is 1.68 bits per heavy atom. The summed E-state index contributed by atoms with van der Waals surface area (Å²) in [7, 11) is 0. The number of thioether (sulfide) groups is 1. The summed E-state index contributed by atoms with van der Waals surface area (Å²) in [6, 6.07) is 14.6. The van der Waals surface area contributed by atoms with Crippen LogP contribution >= 0.6 is 27.7 Å². The maximum atomic E-state index is 4.92. The normalized spacial score (nSPS) is 10.8. The van der Waals surface area contributed by atoms with E-state index in [0.29, 0.717) is 0 Å². The van der Waals surface area contributed by atoms with Gasteiger partial charge in [-0.2, -0.15) is 0 Å². The van der Waals surface area contributed by atoms with Crippen molar-refractivity contribution in [2.75, 3.05) is 5.75 Å². The van der Waals surface area contributed by atoms with E-state index in [4.69, 9.17) is 4.99 Å². The van der Waals surface area contributed by atoms with Crippen molar-refractivity contribution in [3.63, 3.8) is 0 Å². The van der Waals surface area contributed by atoms with Gasteiger partial charge in [-0.1, -0.05) is 53.2 Å². The molecule has 1 nitrogen and oxygen atoms in total. The molecule has 0 aliphatic carbocycles. The molecule has 2 aromatic rings. The number of hydrogen-bond donors (Lipinski definition) is 0. The van der Waals surface area contributed by atoms with Crippen molar-refractivity contribution in [3.05, 3.63) is 76.8 Å². The van der Waals surface area contributed by atoms with Gasteiger partial charge < -0.3 is 0 Å². The summed E-state index contributed by atoms with van der Waals surface area (Å²) in [6.45, 7) is 12.4. The summed E-state index contributed by atoms with van der Waals surface area (Å²) in [6.07, 6.45) is 0. The number of nitrogens with zero attached hydrogens (tertiary/aromatic N) is 1. The SMILES string of the molecule is C=C.CCSC(=Nc1c(C)cccc1C)c1cccc(Br)c1. The molecule has 0 saturated heterocycles. The lowest BCUT2D eigenvalue weighted by Crippen LogP contribution is -1.97. The Bertz CT molecular complexity index is 629. The van der Waals surface area contributed by atoms with Gasteiger partial charge in [0.15, 0.2) is 0 Å². The molecule has 0 N–H and O–H groups in total. The molecule has 0 aliphatic heterocycles. The number of aryl methyl sites for hydroxylation is 2. The summed E-state index contributed by atoms with van der Waals surface area (Å²) in [5, 5.41) is 1.08. The third-order valence-corrected chi connectivity index (χ3v) is 4.39. The molecule has 0 amide bonds. The topological polar surface area (TPSA) is 12.4 Å². The van der Waals surface area contributed by atoms with Crippen LogP contribution in [-0.4, -0.2) is 10.8 Å². The van der Waals surface area contributed by atoms with E-state index in [-0.39, 0.29) is 0 Å². The van der Waals surface area contributed by atoms with Crippen LogP contribution < -0.4 is 0 Å². The fourth-order valence-corrected chi connectivity index (χ4v) is 3.14. The zero-order chi connectivity index (χ0) is 16.5. The predicted octanol–water partition coefficient (Wildman–Crippen LogP) is 6.70. The van der Waals surface area contributed by atoms with Crippen LogP contribution in [0.15, 0.2) is 65.1 Å². The van der Waals surface area contributed by atoms with Crippen LogP contribution in [0.25, 0.3) is 0 Å². The number of hydrogen-bond acceptors (Lipinski definition) is 2. The fourth-order valence-electron chi connectivity index (χ4n) is 2.02. The van der Waals surface area contributed by atoms with Gasteiger partial charge in [-0.15, -0.1) is 24.9 Å². The Hall–Kier alpha value is -1.32. The van der Waals surface area contributed by atoms with Gasteiger partial charge in [0.25, 0.3) is 0 Å². The zero-order valence-electron chi connectivity index (χ0n) is 13.4. The zero-order valence-corrected chi connectivity index (χ0v) is 15.8. The van der Waals surface area contributed by atoms with Crippen LogP contribution in [0.3, 0.4) is 0 Å². The third kappa shape index (κ3) is 5.15. The quantitative estimate of drug-likeness (QED) is 0.330. The van der Waals surface area contributed by atoms with Crippen LogP contribution in [0.1, 0.15) is 23.6 Å². The van der Waals surface area contributed by atoms with Crippen LogP contribution in [0.5, 0.6) is 0 Å². The average molecular weight is 376 g/mol. The van der Waals surface area contributed by atoms with Gasteiger partial charge in [0.1, 0.15) is 5.04 Å². The molecule has 116 valence electrons. The molecule has 2 aromatic carbocycles. The number of benzene rings is 2. The van der Waals surface area contributed by atoms with E-state index >= 15 is 0 Å². The molecule has 0 radical (unpaired) electrons. The van der Waals surface area contributed by atoms with Gasteiger partial charge in [-0.25, -0.2) is 4.99 Å². The lowest BCUT2D eigenvalue weighted by molar-refractivity contribution is 1.33. The highest BCUT2D eigenvalue weighted by Crippen LogP contribution is 2.27. The largest absolute Gasteiger partial charge is 0.241 e. The smallest absolute Gasteiger partial charge is 0.104 e. The van der Waals surface area contributed by atoms with Gasteiger partial charge in [-0.05, 0) is 42.9 Å². The first-order valence-corrected chi connectivity index (χ1v) is 8.93. The molecule has 0 unspecified atom stereocenters. The molecular formula is C19H22BrNS. The van der Waals surface area contributed by atoms with Gasteiger partial charge >= 0.3 is 0 Å². The van der Waals surface area contributed by atoms with E-state index in [1.807, 2.05) is 6.07 Å². The highest BCUT2D eigenvalue weighted by Gasteiger charge is 2.07. The molecule has 3 heteroatoms. The van der Waals surface area contributed by atoms with E-state index in [2.05, 4.69) is 86.3 Å². The predicted molar refractivity (Wildman–Crippen MR) is 106 cm³/mol. The standard InChI is InChI=1S/C17H18BrNS.C2H4/c1-4-20-17(14-9-6-10-15(18)11-14)19-16-12(2)7-5-8-13(16)3;1-2/h5-11H,4H2,1-3H3;1-2H2. The molecule has 0 bridgehead atoms. The second-order valence-electron chi connectivity index (χ2n) is 4.60. The third-order valence-electron chi connectivity index (χ3n) is 3.01. The first-order chi connectivity index (χ1) is 10.6. The molecule has 0 aliphatic rings. The average Bonchev–Trinajstić information content (AvgIpc) is 2.52. The molecule has 0 aromatic heterocycles. The molecular weight excluding hydrogens is 354 g/mol. The number of halogens is 1. The Labute approximate surface area is 146 Å². The van der Waals surface area contributed by atoms with E-state index < -0.39 is 0 Å². The molecule has 0 spiro atoms. The Kier molecular flexibility index (Phi) is 8.21. The lowest BCUT2D eigenvalue weighted by Gasteiger charge is -2.09. The van der Waals surface area contributed by atoms with Crippen LogP contribution in [0.2, 0.25) is 0 Å². The van der Waals surface area contributed by atoms with Crippen molar-refractivity contribution < 1.29 is 0 Å². The first-order valence-electron chi connectivity index (χ1n) is 7.15. The fraction of sp³-hybridized carbons (Fsp3) is 0.211.